The van der Waals surface area contributed by atoms with Gasteiger partial charge in [0.2, 0.25) is 5.91 Å². The summed E-state index contributed by atoms with van der Waals surface area (Å²) in [6, 6.07) is 21.0. The van der Waals surface area contributed by atoms with E-state index in [0.29, 0.717) is 5.56 Å². The van der Waals surface area contributed by atoms with Crippen molar-refractivity contribution in [3.05, 3.63) is 128 Å². The summed E-state index contributed by atoms with van der Waals surface area (Å²) in [5.41, 5.74) is 6.13. The summed E-state index contributed by atoms with van der Waals surface area (Å²) in [7, 11) is 0. The van der Waals surface area contributed by atoms with Crippen LogP contribution in [-0.4, -0.2) is 15.5 Å². The largest absolute Gasteiger partial charge is 0.383 e. The summed E-state index contributed by atoms with van der Waals surface area (Å²) in [6.07, 6.45) is -0.306. The lowest BCUT2D eigenvalue weighted by Crippen LogP contribution is -2.41. The maximum atomic E-state index is 14.1. The first-order valence-corrected chi connectivity index (χ1v) is 11.3. The second-order valence-corrected chi connectivity index (χ2v) is 8.27. The predicted octanol–water partition coefficient (Wildman–Crippen LogP) is 3.61. The second kappa shape index (κ2) is 10.8. The monoisotopic (exact) mass is 490 g/mol. The number of nitrogens with two attached hydrogens (primary N) is 1. The number of carbonyl (C=O) groups is 1. The Labute approximate surface area is 205 Å². The Morgan fingerprint density at radius 2 is 1.56 bits per heavy atom. The molecule has 7 nitrogen and oxygen atoms in total. The number of benzene rings is 3. The number of anilines is 2. The molecule has 0 radical (unpaired) electrons. The van der Waals surface area contributed by atoms with E-state index in [-0.39, 0.29) is 43.0 Å². The fourth-order valence-electron chi connectivity index (χ4n) is 3.93. The maximum Gasteiger partial charge on any atom is 0.330 e. The van der Waals surface area contributed by atoms with Gasteiger partial charge in [-0.1, -0.05) is 60.7 Å². The first-order chi connectivity index (χ1) is 17.3. The molecule has 0 spiro atoms. The molecule has 0 aliphatic heterocycles. The molecule has 0 aliphatic rings. The van der Waals surface area contributed by atoms with Gasteiger partial charge in [0.15, 0.2) is 5.69 Å². The zero-order chi connectivity index (χ0) is 25.7. The molecule has 0 saturated heterocycles. The van der Waals surface area contributed by atoms with Crippen LogP contribution in [0.15, 0.2) is 88.5 Å². The molecule has 1 aromatic heterocycles. The van der Waals surface area contributed by atoms with E-state index in [1.54, 1.807) is 48.5 Å². The Morgan fingerprint density at radius 3 is 2.22 bits per heavy atom. The van der Waals surface area contributed by atoms with E-state index < -0.39 is 28.8 Å². The number of amides is 1. The standard InChI is InChI=1S/C27H24F2N4O3/c28-21-12-13-22(29)20(15-21)11-14-23(34)32(16-18-7-3-1-4-8-18)24-25(30)33(27(36)31-26(24)35)17-19-9-5-2-6-10-19/h1-10,12-13,15H,11,14,16-17,30H2,(H,31,35,36). The highest BCUT2D eigenvalue weighted by Crippen LogP contribution is 2.22. The summed E-state index contributed by atoms with van der Waals surface area (Å²) in [5.74, 6) is -1.96. The molecule has 1 heterocycles. The Morgan fingerprint density at radius 1 is 0.917 bits per heavy atom. The fraction of sp³-hybridized carbons (Fsp3) is 0.148. The minimum Gasteiger partial charge on any atom is -0.383 e. The lowest BCUT2D eigenvalue weighted by atomic mass is 10.1. The van der Waals surface area contributed by atoms with Crippen LogP contribution in [-0.2, 0) is 24.3 Å². The van der Waals surface area contributed by atoms with Gasteiger partial charge in [-0.25, -0.2) is 13.6 Å². The summed E-state index contributed by atoms with van der Waals surface area (Å²) in [4.78, 5) is 42.3. The number of rotatable bonds is 8. The first kappa shape index (κ1) is 24.6. The van der Waals surface area contributed by atoms with Gasteiger partial charge in [-0.15, -0.1) is 0 Å². The molecule has 0 atom stereocenters. The lowest BCUT2D eigenvalue weighted by Gasteiger charge is -2.25. The van der Waals surface area contributed by atoms with Crippen molar-refractivity contribution in [2.24, 2.45) is 0 Å². The molecular formula is C27H24F2N4O3. The molecule has 3 N–H and O–H groups in total. The van der Waals surface area contributed by atoms with Gasteiger partial charge in [0.05, 0.1) is 13.1 Å². The Hall–Kier alpha value is -4.53. The van der Waals surface area contributed by atoms with Crippen molar-refractivity contribution in [3.8, 4) is 0 Å². The van der Waals surface area contributed by atoms with Crippen molar-refractivity contribution in [1.82, 2.24) is 9.55 Å². The number of aromatic amines is 1. The molecular weight excluding hydrogens is 466 g/mol. The van der Waals surface area contributed by atoms with Gasteiger partial charge in [-0.3, -0.25) is 19.1 Å². The number of hydrogen-bond donors (Lipinski definition) is 2. The topological polar surface area (TPSA) is 101 Å². The predicted molar refractivity (Wildman–Crippen MR) is 134 cm³/mol. The number of halogens is 2. The van der Waals surface area contributed by atoms with E-state index in [4.69, 9.17) is 5.73 Å². The van der Waals surface area contributed by atoms with Crippen LogP contribution in [0.4, 0.5) is 20.3 Å². The minimum absolute atomic E-state index is 0.0118. The van der Waals surface area contributed by atoms with E-state index in [1.165, 1.54) is 9.47 Å². The Balaban J connectivity index is 1.72. The van der Waals surface area contributed by atoms with Crippen LogP contribution in [0.1, 0.15) is 23.1 Å². The van der Waals surface area contributed by atoms with Gasteiger partial charge >= 0.3 is 5.69 Å². The molecule has 4 aromatic rings. The van der Waals surface area contributed by atoms with E-state index in [2.05, 4.69) is 4.98 Å². The van der Waals surface area contributed by atoms with Crippen LogP contribution in [0.25, 0.3) is 0 Å². The van der Waals surface area contributed by atoms with Crippen LogP contribution in [0.5, 0.6) is 0 Å². The van der Waals surface area contributed by atoms with Crippen molar-refractivity contribution >= 4 is 17.4 Å². The molecule has 1 amide bonds. The molecule has 4 rings (SSSR count). The third-order valence-corrected chi connectivity index (χ3v) is 5.77. The molecule has 0 unspecified atom stereocenters. The van der Waals surface area contributed by atoms with E-state index >= 15 is 0 Å². The molecule has 0 bridgehead atoms. The number of aromatic nitrogens is 2. The maximum absolute atomic E-state index is 14.1. The normalized spacial score (nSPS) is 10.8. The molecule has 3 aromatic carbocycles. The zero-order valence-electron chi connectivity index (χ0n) is 19.3. The highest BCUT2D eigenvalue weighted by atomic mass is 19.1. The zero-order valence-corrected chi connectivity index (χ0v) is 19.3. The highest BCUT2D eigenvalue weighted by molar-refractivity contribution is 5.95. The first-order valence-electron chi connectivity index (χ1n) is 11.3. The smallest absolute Gasteiger partial charge is 0.330 e. The van der Waals surface area contributed by atoms with E-state index in [1.807, 2.05) is 12.1 Å². The number of nitrogens with zero attached hydrogens (tertiary/aromatic N) is 2. The average Bonchev–Trinajstić information content (AvgIpc) is 2.87. The minimum atomic E-state index is -0.817. The molecule has 36 heavy (non-hydrogen) atoms. The number of carbonyl (C=O) groups excluding carboxylic acids is 1. The van der Waals surface area contributed by atoms with Crippen molar-refractivity contribution in [2.75, 3.05) is 10.6 Å². The highest BCUT2D eigenvalue weighted by Gasteiger charge is 2.25. The summed E-state index contributed by atoms with van der Waals surface area (Å²) in [6.45, 7) is 0.0687. The molecule has 9 heteroatoms. The van der Waals surface area contributed by atoms with Gasteiger partial charge in [0.1, 0.15) is 17.5 Å². The fourth-order valence-corrected chi connectivity index (χ4v) is 3.93. The van der Waals surface area contributed by atoms with Gasteiger partial charge in [-0.05, 0) is 41.3 Å². The van der Waals surface area contributed by atoms with Gasteiger partial charge < -0.3 is 10.6 Å². The summed E-state index contributed by atoms with van der Waals surface area (Å²) < 4.78 is 28.9. The van der Waals surface area contributed by atoms with Gasteiger partial charge in [0.25, 0.3) is 5.56 Å². The molecule has 0 aliphatic carbocycles. The van der Waals surface area contributed by atoms with Crippen molar-refractivity contribution in [1.29, 1.82) is 0 Å². The number of nitrogens with one attached hydrogen (secondary N) is 1. The third kappa shape index (κ3) is 5.57. The number of H-pyrrole nitrogens is 1. The summed E-state index contributed by atoms with van der Waals surface area (Å²) >= 11 is 0. The number of aryl methyl sites for hydroxylation is 1. The van der Waals surface area contributed by atoms with Crippen molar-refractivity contribution in [2.45, 2.75) is 25.9 Å². The SMILES string of the molecule is Nc1c(N(Cc2ccccc2)C(=O)CCc2cc(F)ccc2F)c(=O)[nH]c(=O)n1Cc1ccccc1. The Kier molecular flexibility index (Phi) is 7.39. The van der Waals surface area contributed by atoms with Crippen LogP contribution in [0, 0.1) is 11.6 Å². The van der Waals surface area contributed by atoms with Gasteiger partial charge in [-0.2, -0.15) is 0 Å². The molecule has 0 fully saturated rings. The van der Waals surface area contributed by atoms with Gasteiger partial charge in [0, 0.05) is 6.42 Å². The number of hydrogen-bond acceptors (Lipinski definition) is 4. The average molecular weight is 491 g/mol. The third-order valence-electron chi connectivity index (χ3n) is 5.77. The van der Waals surface area contributed by atoms with Crippen LogP contribution >= 0.6 is 0 Å². The molecule has 0 saturated carbocycles. The molecule has 184 valence electrons. The van der Waals surface area contributed by atoms with Crippen molar-refractivity contribution in [3.63, 3.8) is 0 Å². The Bertz CT molecular complexity index is 1480. The van der Waals surface area contributed by atoms with Crippen molar-refractivity contribution < 1.29 is 13.6 Å². The summed E-state index contributed by atoms with van der Waals surface area (Å²) in [5, 5.41) is 0. The van der Waals surface area contributed by atoms with Crippen LogP contribution in [0.2, 0.25) is 0 Å². The second-order valence-electron chi connectivity index (χ2n) is 8.27. The quantitative estimate of drug-likeness (QED) is 0.394. The van der Waals surface area contributed by atoms with Crippen LogP contribution < -0.4 is 21.9 Å². The number of nitrogen functional groups attached to an aromatic ring is 1. The van der Waals surface area contributed by atoms with E-state index in [0.717, 1.165) is 23.8 Å². The lowest BCUT2D eigenvalue weighted by molar-refractivity contribution is -0.118. The van der Waals surface area contributed by atoms with E-state index in [9.17, 15) is 23.2 Å². The van der Waals surface area contributed by atoms with Crippen LogP contribution in [0.3, 0.4) is 0 Å².